The lowest BCUT2D eigenvalue weighted by atomic mass is 9.95. The number of pyridine rings is 1. The van der Waals surface area contributed by atoms with Crippen LogP contribution in [-0.2, 0) is 4.79 Å². The molecule has 0 bridgehead atoms. The lowest BCUT2D eigenvalue weighted by molar-refractivity contribution is -0.132. The van der Waals surface area contributed by atoms with E-state index in [2.05, 4.69) is 4.98 Å². The number of hydrogen-bond acceptors (Lipinski definition) is 3. The van der Waals surface area contributed by atoms with Crippen LogP contribution in [0.25, 0.3) is 0 Å². The molecule has 0 aliphatic rings. The van der Waals surface area contributed by atoms with Crippen molar-refractivity contribution in [2.75, 3.05) is 19.6 Å². The molecular weight excluding hydrogens is 214 g/mol. The summed E-state index contributed by atoms with van der Waals surface area (Å²) in [4.78, 5) is 18.2. The van der Waals surface area contributed by atoms with Crippen molar-refractivity contribution in [1.29, 1.82) is 0 Å². The molecule has 4 heteroatoms. The van der Waals surface area contributed by atoms with Crippen molar-refractivity contribution in [3.8, 4) is 0 Å². The van der Waals surface area contributed by atoms with Crippen LogP contribution in [0.4, 0.5) is 0 Å². The van der Waals surface area contributed by atoms with Crippen LogP contribution in [0.2, 0.25) is 0 Å². The summed E-state index contributed by atoms with van der Waals surface area (Å²) in [6, 6.07) is 3.79. The molecule has 94 valence electrons. The molecule has 0 aromatic carbocycles. The standard InChI is InChI=1S/C13H21N3O/c1-3-16(4-2)13(17)12(7-8-14)11-6-5-9-15-10-11/h5-6,9-10,12H,3-4,7-8,14H2,1-2H3. The van der Waals surface area contributed by atoms with Gasteiger partial charge in [0.05, 0.1) is 5.92 Å². The van der Waals surface area contributed by atoms with Gasteiger partial charge in [0.25, 0.3) is 0 Å². The number of aromatic nitrogens is 1. The summed E-state index contributed by atoms with van der Waals surface area (Å²) >= 11 is 0. The number of carbonyl (C=O) groups is 1. The number of rotatable bonds is 6. The van der Waals surface area contributed by atoms with E-state index in [9.17, 15) is 4.79 Å². The summed E-state index contributed by atoms with van der Waals surface area (Å²) in [6.45, 7) is 5.95. The van der Waals surface area contributed by atoms with Gasteiger partial charge in [0.1, 0.15) is 0 Å². The first kappa shape index (κ1) is 13.6. The van der Waals surface area contributed by atoms with Crippen molar-refractivity contribution in [2.45, 2.75) is 26.2 Å². The Morgan fingerprint density at radius 2 is 2.18 bits per heavy atom. The van der Waals surface area contributed by atoms with Crippen LogP contribution in [0.15, 0.2) is 24.5 Å². The smallest absolute Gasteiger partial charge is 0.230 e. The third kappa shape index (κ3) is 3.53. The average Bonchev–Trinajstić information content (AvgIpc) is 2.38. The van der Waals surface area contributed by atoms with Crippen LogP contribution in [0.1, 0.15) is 31.7 Å². The van der Waals surface area contributed by atoms with E-state index in [0.717, 1.165) is 18.7 Å². The first-order valence-electron chi connectivity index (χ1n) is 6.13. The van der Waals surface area contributed by atoms with Gasteiger partial charge in [-0.25, -0.2) is 0 Å². The van der Waals surface area contributed by atoms with Gasteiger partial charge in [-0.2, -0.15) is 0 Å². The number of nitrogens with zero attached hydrogens (tertiary/aromatic N) is 2. The first-order valence-corrected chi connectivity index (χ1v) is 6.13. The molecule has 0 saturated carbocycles. The van der Waals surface area contributed by atoms with Crippen molar-refractivity contribution >= 4 is 5.91 Å². The van der Waals surface area contributed by atoms with E-state index in [1.54, 1.807) is 12.4 Å². The highest BCUT2D eigenvalue weighted by molar-refractivity contribution is 5.83. The highest BCUT2D eigenvalue weighted by atomic mass is 16.2. The molecule has 0 fully saturated rings. The maximum absolute atomic E-state index is 12.3. The van der Waals surface area contributed by atoms with E-state index in [1.165, 1.54) is 0 Å². The predicted molar refractivity (Wildman–Crippen MR) is 68.6 cm³/mol. The number of carbonyl (C=O) groups excluding carboxylic acids is 1. The second kappa shape index (κ2) is 7.01. The Kier molecular flexibility index (Phi) is 5.63. The average molecular weight is 235 g/mol. The summed E-state index contributed by atoms with van der Waals surface area (Å²) in [6.07, 6.45) is 4.13. The molecule has 1 amide bonds. The number of nitrogens with two attached hydrogens (primary N) is 1. The van der Waals surface area contributed by atoms with E-state index >= 15 is 0 Å². The van der Waals surface area contributed by atoms with Gasteiger partial charge in [-0.1, -0.05) is 6.07 Å². The minimum Gasteiger partial charge on any atom is -0.343 e. The Hall–Kier alpha value is -1.42. The molecule has 0 saturated heterocycles. The summed E-state index contributed by atoms with van der Waals surface area (Å²) in [5.41, 5.74) is 6.55. The normalized spacial score (nSPS) is 12.2. The van der Waals surface area contributed by atoms with Gasteiger partial charge >= 0.3 is 0 Å². The molecule has 4 nitrogen and oxygen atoms in total. The van der Waals surface area contributed by atoms with Gasteiger partial charge in [0.2, 0.25) is 5.91 Å². The summed E-state index contributed by atoms with van der Waals surface area (Å²) in [7, 11) is 0. The Morgan fingerprint density at radius 3 is 2.65 bits per heavy atom. The molecule has 17 heavy (non-hydrogen) atoms. The van der Waals surface area contributed by atoms with E-state index in [-0.39, 0.29) is 11.8 Å². The Labute approximate surface area is 103 Å². The van der Waals surface area contributed by atoms with Crippen LogP contribution >= 0.6 is 0 Å². The molecule has 1 aromatic rings. The molecule has 2 N–H and O–H groups in total. The van der Waals surface area contributed by atoms with E-state index in [4.69, 9.17) is 5.73 Å². The molecule has 0 radical (unpaired) electrons. The van der Waals surface area contributed by atoms with Gasteiger partial charge < -0.3 is 10.6 Å². The van der Waals surface area contributed by atoms with Gasteiger partial charge in [-0.05, 0) is 38.4 Å². The molecule has 1 atom stereocenters. The fourth-order valence-corrected chi connectivity index (χ4v) is 1.94. The van der Waals surface area contributed by atoms with Crippen LogP contribution in [0.5, 0.6) is 0 Å². The van der Waals surface area contributed by atoms with E-state index in [0.29, 0.717) is 13.0 Å². The van der Waals surface area contributed by atoms with Crippen LogP contribution in [-0.4, -0.2) is 35.4 Å². The molecule has 0 aliphatic carbocycles. The topological polar surface area (TPSA) is 59.2 Å². The van der Waals surface area contributed by atoms with Crippen molar-refractivity contribution in [3.05, 3.63) is 30.1 Å². The lowest BCUT2D eigenvalue weighted by Crippen LogP contribution is -2.35. The number of hydrogen-bond donors (Lipinski definition) is 1. The molecule has 0 spiro atoms. The monoisotopic (exact) mass is 235 g/mol. The lowest BCUT2D eigenvalue weighted by Gasteiger charge is -2.25. The van der Waals surface area contributed by atoms with Crippen LogP contribution in [0, 0.1) is 0 Å². The molecule has 0 aliphatic heterocycles. The van der Waals surface area contributed by atoms with Gasteiger partial charge in [0, 0.05) is 25.5 Å². The van der Waals surface area contributed by atoms with Gasteiger partial charge in [0.15, 0.2) is 0 Å². The summed E-state index contributed by atoms with van der Waals surface area (Å²) in [5, 5.41) is 0. The zero-order valence-electron chi connectivity index (χ0n) is 10.6. The molecule has 1 unspecified atom stereocenters. The van der Waals surface area contributed by atoms with Gasteiger partial charge in [-0.3, -0.25) is 9.78 Å². The van der Waals surface area contributed by atoms with Gasteiger partial charge in [-0.15, -0.1) is 0 Å². The zero-order valence-corrected chi connectivity index (χ0v) is 10.6. The predicted octanol–water partition coefficient (Wildman–Crippen LogP) is 1.38. The Balaban J connectivity index is 2.89. The number of likely N-dealkylation sites (N-methyl/N-ethyl adjacent to an activating group) is 1. The molecule has 1 rings (SSSR count). The first-order chi connectivity index (χ1) is 8.24. The molecular formula is C13H21N3O. The van der Waals surface area contributed by atoms with E-state index in [1.807, 2.05) is 30.9 Å². The second-order valence-electron chi connectivity index (χ2n) is 3.93. The highest BCUT2D eigenvalue weighted by Gasteiger charge is 2.23. The minimum absolute atomic E-state index is 0.147. The van der Waals surface area contributed by atoms with Crippen LogP contribution < -0.4 is 5.73 Å². The fourth-order valence-electron chi connectivity index (χ4n) is 1.94. The maximum Gasteiger partial charge on any atom is 0.230 e. The van der Waals surface area contributed by atoms with Crippen molar-refractivity contribution in [3.63, 3.8) is 0 Å². The SMILES string of the molecule is CCN(CC)C(=O)C(CCN)c1cccnc1. The summed E-state index contributed by atoms with van der Waals surface area (Å²) < 4.78 is 0. The summed E-state index contributed by atoms with van der Waals surface area (Å²) in [5.74, 6) is -0.0120. The fraction of sp³-hybridized carbons (Fsp3) is 0.538. The second-order valence-corrected chi connectivity index (χ2v) is 3.93. The van der Waals surface area contributed by atoms with Crippen molar-refractivity contribution in [1.82, 2.24) is 9.88 Å². The molecule has 1 aromatic heterocycles. The quantitative estimate of drug-likeness (QED) is 0.810. The van der Waals surface area contributed by atoms with Crippen molar-refractivity contribution in [2.24, 2.45) is 5.73 Å². The largest absolute Gasteiger partial charge is 0.343 e. The Bertz CT molecular complexity index is 336. The Morgan fingerprint density at radius 1 is 1.47 bits per heavy atom. The third-order valence-corrected chi connectivity index (χ3v) is 2.92. The minimum atomic E-state index is -0.159. The number of amides is 1. The zero-order chi connectivity index (χ0) is 12.7. The third-order valence-electron chi connectivity index (χ3n) is 2.92. The van der Waals surface area contributed by atoms with Crippen LogP contribution in [0.3, 0.4) is 0 Å². The maximum atomic E-state index is 12.3. The molecule has 1 heterocycles. The van der Waals surface area contributed by atoms with Crippen molar-refractivity contribution < 1.29 is 4.79 Å². The highest BCUT2D eigenvalue weighted by Crippen LogP contribution is 2.20. The van der Waals surface area contributed by atoms with E-state index < -0.39 is 0 Å².